The number of aryl methyl sites for hydroxylation is 1. The molecule has 5 nitrogen and oxygen atoms in total. The third-order valence-corrected chi connectivity index (χ3v) is 4.73. The van der Waals surface area contributed by atoms with E-state index in [-0.39, 0.29) is 15.9 Å². The van der Waals surface area contributed by atoms with Crippen molar-refractivity contribution in [1.82, 2.24) is 14.5 Å². The van der Waals surface area contributed by atoms with Crippen LogP contribution in [0.2, 0.25) is 10.2 Å². The highest BCUT2D eigenvalue weighted by Crippen LogP contribution is 2.25. The van der Waals surface area contributed by atoms with Gasteiger partial charge in [-0.15, -0.1) is 0 Å². The third kappa shape index (κ3) is 3.39. The van der Waals surface area contributed by atoms with Crippen LogP contribution in [0.3, 0.4) is 0 Å². The molecule has 0 aliphatic heterocycles. The topological polar surface area (TPSA) is 59.8 Å². The molecule has 0 unspecified atom stereocenters. The van der Waals surface area contributed by atoms with Crippen molar-refractivity contribution in [1.29, 1.82) is 0 Å². The van der Waals surface area contributed by atoms with Gasteiger partial charge in [0.25, 0.3) is 5.91 Å². The van der Waals surface area contributed by atoms with Crippen molar-refractivity contribution in [2.45, 2.75) is 0 Å². The molecule has 2 aromatic heterocycles. The van der Waals surface area contributed by atoms with Gasteiger partial charge in [0.05, 0.1) is 16.1 Å². The summed E-state index contributed by atoms with van der Waals surface area (Å²) in [6.07, 6.45) is 0. The van der Waals surface area contributed by atoms with E-state index in [9.17, 15) is 4.79 Å². The number of hydrogen-bond acceptors (Lipinski definition) is 3. The lowest BCUT2D eigenvalue weighted by molar-refractivity contribution is 0.102. The number of imidazole rings is 1. The Labute approximate surface area is 165 Å². The molecule has 4 aromatic rings. The Morgan fingerprint density at radius 1 is 0.963 bits per heavy atom. The molecule has 2 heterocycles. The molecular weight excluding hydrogens is 383 g/mol. The van der Waals surface area contributed by atoms with Gasteiger partial charge in [0, 0.05) is 18.3 Å². The second-order valence-electron chi connectivity index (χ2n) is 5.98. The summed E-state index contributed by atoms with van der Waals surface area (Å²) in [5.41, 5.74) is 3.66. The number of benzene rings is 2. The molecular formula is C20H14Cl2N4O. The zero-order valence-corrected chi connectivity index (χ0v) is 15.8. The Balaban J connectivity index is 1.59. The Kier molecular flexibility index (Phi) is 4.56. The number of hydrogen-bond donors (Lipinski definition) is 1. The van der Waals surface area contributed by atoms with Crippen molar-refractivity contribution in [2.75, 3.05) is 5.32 Å². The number of para-hydroxylation sites is 2. The lowest BCUT2D eigenvalue weighted by Gasteiger charge is -2.08. The first kappa shape index (κ1) is 17.5. The van der Waals surface area contributed by atoms with Gasteiger partial charge in [-0.05, 0) is 48.5 Å². The number of carbonyl (C=O) groups is 1. The fourth-order valence-electron chi connectivity index (χ4n) is 2.87. The standard InChI is InChI=1S/C20H14Cl2N4O/c1-26-16-5-3-2-4-15(16)24-19(26)12-6-8-13(9-7-12)23-20(27)18-14(21)10-11-17(22)25-18/h2-11H,1H3,(H,23,27). The number of rotatable bonds is 3. The number of fused-ring (bicyclic) bond motifs is 1. The van der Waals surface area contributed by atoms with Crippen LogP contribution in [0.25, 0.3) is 22.4 Å². The van der Waals surface area contributed by atoms with Gasteiger partial charge in [0.2, 0.25) is 0 Å². The van der Waals surface area contributed by atoms with Gasteiger partial charge in [0.15, 0.2) is 0 Å². The zero-order valence-electron chi connectivity index (χ0n) is 14.3. The molecule has 0 atom stereocenters. The summed E-state index contributed by atoms with van der Waals surface area (Å²) in [5.74, 6) is 0.437. The van der Waals surface area contributed by atoms with Crippen LogP contribution in [0.5, 0.6) is 0 Å². The maximum atomic E-state index is 12.4. The molecule has 1 amide bonds. The normalized spacial score (nSPS) is 10.9. The smallest absolute Gasteiger partial charge is 0.275 e. The number of carbonyl (C=O) groups excluding carboxylic acids is 1. The van der Waals surface area contributed by atoms with E-state index in [1.165, 1.54) is 6.07 Å². The highest BCUT2D eigenvalue weighted by atomic mass is 35.5. The van der Waals surface area contributed by atoms with E-state index in [1.54, 1.807) is 6.07 Å². The van der Waals surface area contributed by atoms with Crippen molar-refractivity contribution >= 4 is 45.8 Å². The minimum atomic E-state index is -0.419. The predicted octanol–water partition coefficient (Wildman–Crippen LogP) is 5.19. The van der Waals surface area contributed by atoms with E-state index in [1.807, 2.05) is 60.1 Å². The molecule has 4 rings (SSSR count). The first-order chi connectivity index (χ1) is 13.0. The first-order valence-electron chi connectivity index (χ1n) is 8.18. The van der Waals surface area contributed by atoms with E-state index >= 15 is 0 Å². The molecule has 0 fully saturated rings. The van der Waals surface area contributed by atoms with Crippen LogP contribution in [0.4, 0.5) is 5.69 Å². The van der Waals surface area contributed by atoms with Gasteiger partial charge in [0.1, 0.15) is 16.7 Å². The largest absolute Gasteiger partial charge is 0.327 e. The molecule has 0 spiro atoms. The fraction of sp³-hybridized carbons (Fsp3) is 0.0500. The molecule has 1 N–H and O–H groups in total. The number of pyridine rings is 1. The summed E-state index contributed by atoms with van der Waals surface area (Å²) in [7, 11) is 1.98. The van der Waals surface area contributed by atoms with E-state index in [0.29, 0.717) is 5.69 Å². The second-order valence-corrected chi connectivity index (χ2v) is 6.77. The first-order valence-corrected chi connectivity index (χ1v) is 8.94. The van der Waals surface area contributed by atoms with Crippen LogP contribution in [-0.2, 0) is 7.05 Å². The van der Waals surface area contributed by atoms with Crippen molar-refractivity contribution in [3.05, 3.63) is 76.5 Å². The van der Waals surface area contributed by atoms with Crippen LogP contribution < -0.4 is 5.32 Å². The lowest BCUT2D eigenvalue weighted by Crippen LogP contribution is -2.14. The van der Waals surface area contributed by atoms with Crippen molar-refractivity contribution in [3.63, 3.8) is 0 Å². The van der Waals surface area contributed by atoms with E-state index in [2.05, 4.69) is 15.3 Å². The Morgan fingerprint density at radius 2 is 1.70 bits per heavy atom. The van der Waals surface area contributed by atoms with Gasteiger partial charge in [-0.25, -0.2) is 9.97 Å². The molecule has 2 aromatic carbocycles. The average Bonchev–Trinajstić information content (AvgIpc) is 3.01. The quantitative estimate of drug-likeness (QED) is 0.484. The van der Waals surface area contributed by atoms with Crippen molar-refractivity contribution < 1.29 is 4.79 Å². The Bertz CT molecular complexity index is 1150. The van der Waals surface area contributed by atoms with Gasteiger partial charge >= 0.3 is 0 Å². The molecule has 134 valence electrons. The molecule has 0 saturated carbocycles. The van der Waals surface area contributed by atoms with Crippen LogP contribution in [0.1, 0.15) is 10.5 Å². The number of nitrogens with zero attached hydrogens (tertiary/aromatic N) is 3. The Morgan fingerprint density at radius 3 is 2.44 bits per heavy atom. The minimum Gasteiger partial charge on any atom is -0.327 e. The van der Waals surface area contributed by atoms with Gasteiger partial charge in [-0.1, -0.05) is 35.3 Å². The molecule has 0 aliphatic carbocycles. The number of amides is 1. The van der Waals surface area contributed by atoms with Crippen LogP contribution in [0.15, 0.2) is 60.7 Å². The fourth-order valence-corrected chi connectivity index (χ4v) is 3.21. The van der Waals surface area contributed by atoms with Crippen molar-refractivity contribution in [3.8, 4) is 11.4 Å². The number of aromatic nitrogens is 3. The lowest BCUT2D eigenvalue weighted by atomic mass is 10.2. The minimum absolute atomic E-state index is 0.0867. The number of halogens is 2. The maximum Gasteiger partial charge on any atom is 0.275 e. The van der Waals surface area contributed by atoms with Gasteiger partial charge in [-0.3, -0.25) is 4.79 Å². The highest BCUT2D eigenvalue weighted by Gasteiger charge is 2.14. The SMILES string of the molecule is Cn1c(-c2ccc(NC(=O)c3nc(Cl)ccc3Cl)cc2)nc2ccccc21. The summed E-state index contributed by atoms with van der Waals surface area (Å²) < 4.78 is 2.04. The summed E-state index contributed by atoms with van der Waals surface area (Å²) in [5, 5.41) is 3.23. The maximum absolute atomic E-state index is 12.4. The Hall–Kier alpha value is -2.89. The molecule has 0 aliphatic rings. The van der Waals surface area contributed by atoms with Gasteiger partial charge in [-0.2, -0.15) is 0 Å². The molecule has 0 radical (unpaired) electrons. The second kappa shape index (κ2) is 7.02. The van der Waals surface area contributed by atoms with Gasteiger partial charge < -0.3 is 9.88 Å². The van der Waals surface area contributed by atoms with Crippen molar-refractivity contribution in [2.24, 2.45) is 7.05 Å². The summed E-state index contributed by atoms with van der Waals surface area (Å²) in [6.45, 7) is 0. The number of anilines is 1. The summed E-state index contributed by atoms with van der Waals surface area (Å²) in [6, 6.07) is 18.5. The molecule has 7 heteroatoms. The average molecular weight is 397 g/mol. The van der Waals surface area contributed by atoms with E-state index < -0.39 is 5.91 Å². The molecule has 27 heavy (non-hydrogen) atoms. The van der Waals surface area contributed by atoms with E-state index in [0.717, 1.165) is 22.4 Å². The summed E-state index contributed by atoms with van der Waals surface area (Å²) >= 11 is 11.9. The highest BCUT2D eigenvalue weighted by molar-refractivity contribution is 6.35. The van der Waals surface area contributed by atoms with Crippen LogP contribution in [-0.4, -0.2) is 20.4 Å². The predicted molar refractivity (Wildman–Crippen MR) is 108 cm³/mol. The zero-order chi connectivity index (χ0) is 19.0. The summed E-state index contributed by atoms with van der Waals surface area (Å²) in [4.78, 5) is 21.0. The van der Waals surface area contributed by atoms with Crippen LogP contribution in [0, 0.1) is 0 Å². The van der Waals surface area contributed by atoms with Crippen LogP contribution >= 0.6 is 23.2 Å². The molecule has 0 bridgehead atoms. The molecule has 0 saturated heterocycles. The van der Waals surface area contributed by atoms with E-state index in [4.69, 9.17) is 23.2 Å². The number of nitrogens with one attached hydrogen (secondary N) is 1. The monoisotopic (exact) mass is 396 g/mol. The third-order valence-electron chi connectivity index (χ3n) is 4.22.